The second-order valence-electron chi connectivity index (χ2n) is 7.30. The highest BCUT2D eigenvalue weighted by Gasteiger charge is 2.28. The number of halogens is 1. The largest absolute Gasteiger partial charge is 0.492 e. The summed E-state index contributed by atoms with van der Waals surface area (Å²) in [6.45, 7) is 5.27. The Bertz CT molecular complexity index is 951. The molecule has 1 aliphatic heterocycles. The molecule has 0 unspecified atom stereocenters. The minimum Gasteiger partial charge on any atom is -0.492 e. The molecule has 1 aromatic carbocycles. The van der Waals surface area contributed by atoms with E-state index in [0.717, 1.165) is 17.5 Å². The van der Waals surface area contributed by atoms with E-state index < -0.39 is 11.4 Å². The van der Waals surface area contributed by atoms with Crippen LogP contribution in [0.25, 0.3) is 11.3 Å². The number of aromatic carboxylic acids is 1. The molecule has 0 saturated carbocycles. The van der Waals surface area contributed by atoms with Crippen LogP contribution in [-0.2, 0) is 11.2 Å². The van der Waals surface area contributed by atoms with E-state index in [1.807, 2.05) is 10.6 Å². The van der Waals surface area contributed by atoms with E-state index in [2.05, 4.69) is 13.8 Å². The van der Waals surface area contributed by atoms with E-state index in [-0.39, 0.29) is 17.5 Å². The van der Waals surface area contributed by atoms with Gasteiger partial charge >= 0.3 is 5.97 Å². The Morgan fingerprint density at radius 3 is 2.71 bits per heavy atom. The van der Waals surface area contributed by atoms with Gasteiger partial charge in [-0.2, -0.15) is 0 Å². The van der Waals surface area contributed by atoms with Crippen molar-refractivity contribution in [3.05, 3.63) is 50.8 Å². The zero-order chi connectivity index (χ0) is 20.4. The summed E-state index contributed by atoms with van der Waals surface area (Å²) in [5.74, 6) is -0.360. The second kappa shape index (κ2) is 8.37. The number of hydrogen-bond donors (Lipinski definition) is 1. The van der Waals surface area contributed by atoms with Crippen molar-refractivity contribution in [3.63, 3.8) is 0 Å². The minimum absolute atomic E-state index is 0.0312. The van der Waals surface area contributed by atoms with Crippen molar-refractivity contribution in [1.82, 2.24) is 4.57 Å². The van der Waals surface area contributed by atoms with Crippen LogP contribution in [0, 0.1) is 5.92 Å². The molecule has 1 atom stereocenters. The summed E-state index contributed by atoms with van der Waals surface area (Å²) in [5, 5.41) is 9.79. The summed E-state index contributed by atoms with van der Waals surface area (Å²) < 4.78 is 12.7. The molecule has 1 aromatic heterocycles. The van der Waals surface area contributed by atoms with Gasteiger partial charge in [0.2, 0.25) is 0 Å². The summed E-state index contributed by atoms with van der Waals surface area (Å²) in [7, 11) is 1.65. The van der Waals surface area contributed by atoms with Gasteiger partial charge in [-0.05, 0) is 30.0 Å². The standard InChI is InChI=1S/C21H24ClNO5/c1-12(2)17-7-13-8-20(28-6-4-5-27-3)16(22)9-14(13)18-10-19(24)15(21(25)26)11-23(17)18/h8-12,17H,4-7H2,1-3H3,(H,25,26)/t17-/m1/s1. The maximum Gasteiger partial charge on any atom is 0.341 e. The molecule has 1 N–H and O–H groups in total. The number of benzene rings is 1. The molecule has 1 aliphatic rings. The maximum atomic E-state index is 12.3. The average molecular weight is 406 g/mol. The van der Waals surface area contributed by atoms with Gasteiger partial charge in [-0.25, -0.2) is 4.79 Å². The lowest BCUT2D eigenvalue weighted by Crippen LogP contribution is -2.28. The summed E-state index contributed by atoms with van der Waals surface area (Å²) >= 11 is 6.42. The van der Waals surface area contributed by atoms with E-state index in [0.29, 0.717) is 36.1 Å². The molecule has 0 saturated heterocycles. The van der Waals surface area contributed by atoms with Gasteiger partial charge in [0.05, 0.1) is 17.3 Å². The number of carbonyl (C=O) groups is 1. The topological polar surface area (TPSA) is 77.8 Å². The lowest BCUT2D eigenvalue weighted by molar-refractivity contribution is 0.0694. The van der Waals surface area contributed by atoms with Crippen molar-refractivity contribution >= 4 is 17.6 Å². The number of ether oxygens (including phenoxy) is 2. The molecule has 0 fully saturated rings. The van der Waals surface area contributed by atoms with Crippen LogP contribution in [-0.4, -0.2) is 36.0 Å². The maximum absolute atomic E-state index is 12.3. The van der Waals surface area contributed by atoms with Gasteiger partial charge in [-0.3, -0.25) is 4.79 Å². The first kappa shape index (κ1) is 20.4. The summed E-state index contributed by atoms with van der Waals surface area (Å²) in [5.41, 5.74) is 1.82. The van der Waals surface area contributed by atoms with Crippen molar-refractivity contribution in [2.75, 3.05) is 20.3 Å². The fraction of sp³-hybridized carbons (Fsp3) is 0.429. The SMILES string of the molecule is COCCCOc1cc2c(cc1Cl)-c1cc(=O)c(C(=O)O)cn1[C@@H](C(C)C)C2. The fourth-order valence-corrected chi connectivity index (χ4v) is 3.80. The van der Waals surface area contributed by atoms with Crippen LogP contribution in [0.3, 0.4) is 0 Å². The van der Waals surface area contributed by atoms with Crippen LogP contribution in [0.1, 0.15) is 42.2 Å². The van der Waals surface area contributed by atoms with E-state index in [1.165, 1.54) is 12.3 Å². The van der Waals surface area contributed by atoms with Crippen molar-refractivity contribution in [3.8, 4) is 17.0 Å². The molecule has 0 spiro atoms. The van der Waals surface area contributed by atoms with Crippen molar-refractivity contribution in [2.45, 2.75) is 32.7 Å². The van der Waals surface area contributed by atoms with Crippen LogP contribution in [0.2, 0.25) is 5.02 Å². The van der Waals surface area contributed by atoms with Crippen molar-refractivity contribution < 1.29 is 19.4 Å². The van der Waals surface area contributed by atoms with E-state index in [1.54, 1.807) is 13.2 Å². The Morgan fingerprint density at radius 1 is 1.32 bits per heavy atom. The molecule has 0 aliphatic carbocycles. The minimum atomic E-state index is -1.22. The third-order valence-electron chi connectivity index (χ3n) is 5.05. The lowest BCUT2D eigenvalue weighted by atomic mass is 9.87. The zero-order valence-corrected chi connectivity index (χ0v) is 17.0. The quantitative estimate of drug-likeness (QED) is 0.703. The van der Waals surface area contributed by atoms with Crippen LogP contribution in [0.4, 0.5) is 0 Å². The van der Waals surface area contributed by atoms with Crippen molar-refractivity contribution in [1.29, 1.82) is 0 Å². The highest BCUT2D eigenvalue weighted by Crippen LogP contribution is 2.41. The normalized spacial score (nSPS) is 15.2. The molecule has 0 radical (unpaired) electrons. The van der Waals surface area contributed by atoms with Crippen molar-refractivity contribution in [2.24, 2.45) is 5.92 Å². The van der Waals surface area contributed by atoms with Crippen LogP contribution < -0.4 is 10.2 Å². The van der Waals surface area contributed by atoms with E-state index >= 15 is 0 Å². The van der Waals surface area contributed by atoms with E-state index in [4.69, 9.17) is 21.1 Å². The number of carboxylic acids is 1. The first-order valence-electron chi connectivity index (χ1n) is 9.27. The predicted octanol–water partition coefficient (Wildman–Crippen LogP) is 4.04. The number of methoxy groups -OCH3 is 1. The molecule has 150 valence electrons. The van der Waals surface area contributed by atoms with Gasteiger partial charge in [-0.15, -0.1) is 0 Å². The number of pyridine rings is 1. The van der Waals surface area contributed by atoms with Crippen LogP contribution >= 0.6 is 11.6 Å². The molecule has 28 heavy (non-hydrogen) atoms. The Labute approximate surface area is 168 Å². The Hall–Kier alpha value is -2.31. The monoisotopic (exact) mass is 405 g/mol. The highest BCUT2D eigenvalue weighted by molar-refractivity contribution is 6.32. The first-order chi connectivity index (χ1) is 13.3. The molecule has 0 bridgehead atoms. The molecule has 6 nitrogen and oxygen atoms in total. The van der Waals surface area contributed by atoms with Gasteiger partial charge in [0.25, 0.3) is 0 Å². The summed E-state index contributed by atoms with van der Waals surface area (Å²) in [6.07, 6.45) is 2.92. The predicted molar refractivity (Wildman–Crippen MR) is 108 cm³/mol. The number of carboxylic acid groups (broad SMARTS) is 1. The Balaban J connectivity index is 2.07. The summed E-state index contributed by atoms with van der Waals surface area (Å²) in [4.78, 5) is 23.7. The van der Waals surface area contributed by atoms with Gasteiger partial charge in [0, 0.05) is 44.0 Å². The van der Waals surface area contributed by atoms with Crippen LogP contribution in [0.15, 0.2) is 29.2 Å². The Morgan fingerprint density at radius 2 is 2.07 bits per heavy atom. The van der Waals surface area contributed by atoms with E-state index in [9.17, 15) is 14.7 Å². The molecule has 2 aromatic rings. The Kier molecular flexibility index (Phi) is 6.10. The number of rotatable bonds is 7. The summed E-state index contributed by atoms with van der Waals surface area (Å²) in [6, 6.07) is 5.15. The number of fused-ring (bicyclic) bond motifs is 3. The van der Waals surface area contributed by atoms with Gasteiger partial charge in [0.15, 0.2) is 5.43 Å². The molecule has 0 amide bonds. The van der Waals surface area contributed by atoms with Gasteiger partial charge in [0.1, 0.15) is 11.3 Å². The second-order valence-corrected chi connectivity index (χ2v) is 7.71. The third kappa shape index (κ3) is 3.93. The average Bonchev–Trinajstić information content (AvgIpc) is 2.64. The number of nitrogens with zero attached hydrogens (tertiary/aromatic N) is 1. The fourth-order valence-electron chi connectivity index (χ4n) is 3.58. The molecule has 2 heterocycles. The molecular formula is C21H24ClNO5. The third-order valence-corrected chi connectivity index (χ3v) is 5.35. The highest BCUT2D eigenvalue weighted by atomic mass is 35.5. The first-order valence-corrected chi connectivity index (χ1v) is 9.65. The smallest absolute Gasteiger partial charge is 0.341 e. The molecule has 7 heteroatoms. The van der Waals surface area contributed by atoms with Gasteiger partial charge in [-0.1, -0.05) is 25.4 Å². The molecular weight excluding hydrogens is 382 g/mol. The zero-order valence-electron chi connectivity index (χ0n) is 16.2. The lowest BCUT2D eigenvalue weighted by Gasteiger charge is -2.33. The molecule has 3 rings (SSSR count). The van der Waals surface area contributed by atoms with Crippen LogP contribution in [0.5, 0.6) is 5.75 Å². The number of hydrogen-bond acceptors (Lipinski definition) is 4. The van der Waals surface area contributed by atoms with Gasteiger partial charge < -0.3 is 19.1 Å². The number of aromatic nitrogens is 1.